The fourth-order valence-corrected chi connectivity index (χ4v) is 5.25. The Kier molecular flexibility index (Phi) is 5.97. The molecular weight excluding hydrogens is 532 g/mol. The van der Waals surface area contributed by atoms with Crippen LogP contribution in [0.4, 0.5) is 35.1 Å². The van der Waals surface area contributed by atoms with Gasteiger partial charge in [-0.15, -0.1) is 0 Å². The summed E-state index contributed by atoms with van der Waals surface area (Å²) in [6.45, 7) is 0. The zero-order chi connectivity index (χ0) is 28.3. The van der Waals surface area contributed by atoms with E-state index in [-0.39, 0.29) is 33.4 Å². The molecule has 5 rings (SSSR count). The second-order valence-corrected chi connectivity index (χ2v) is 8.98. The van der Waals surface area contributed by atoms with Gasteiger partial charge in [-0.2, -0.15) is 26.3 Å². The minimum atomic E-state index is -5.17. The summed E-state index contributed by atoms with van der Waals surface area (Å²) in [7, 11) is 0. The molecule has 39 heavy (non-hydrogen) atoms. The largest absolute Gasteiger partial charge is 0.419 e. The number of rotatable bonds is 4. The van der Waals surface area contributed by atoms with Gasteiger partial charge in [0.05, 0.1) is 16.5 Å². The highest BCUT2D eigenvalue weighted by Gasteiger charge is 2.49. The monoisotopic (exact) mass is 546 g/mol. The van der Waals surface area contributed by atoms with Gasteiger partial charge in [0.2, 0.25) is 0 Å². The Morgan fingerprint density at radius 1 is 0.538 bits per heavy atom. The normalized spacial score (nSPS) is 14.1. The molecule has 4 aromatic rings. The average Bonchev–Trinajstić information content (AvgIpc) is 3.17. The number of benzene rings is 4. The molecule has 0 unspecified atom stereocenters. The van der Waals surface area contributed by atoms with E-state index in [1.54, 1.807) is 0 Å². The van der Waals surface area contributed by atoms with Crippen molar-refractivity contribution in [3.63, 3.8) is 0 Å². The minimum Gasteiger partial charge on any atom is -0.298 e. The average molecular weight is 546 g/mol. The van der Waals surface area contributed by atoms with Crippen molar-refractivity contribution in [1.82, 2.24) is 0 Å². The molecule has 0 saturated carbocycles. The maximum atomic E-state index is 14.4. The van der Waals surface area contributed by atoms with Crippen LogP contribution in [-0.4, -0.2) is 12.6 Å². The molecule has 1 aliphatic carbocycles. The fraction of sp³-hybridized carbons (Fsp3) is 0.103. The Labute approximate surface area is 215 Å². The summed E-state index contributed by atoms with van der Waals surface area (Å²) in [6, 6.07) is 12.4. The summed E-state index contributed by atoms with van der Waals surface area (Å²) in [5.74, 6) is -3.23. The van der Waals surface area contributed by atoms with Crippen molar-refractivity contribution in [3.05, 3.63) is 129 Å². The highest BCUT2D eigenvalue weighted by molar-refractivity contribution is 5.91. The van der Waals surface area contributed by atoms with Crippen LogP contribution in [-0.2, 0) is 17.8 Å². The number of halogens is 8. The molecule has 0 aromatic heterocycles. The number of hydrogen-bond acceptors (Lipinski definition) is 2. The van der Waals surface area contributed by atoms with Crippen LogP contribution in [0.1, 0.15) is 54.1 Å². The third-order valence-corrected chi connectivity index (χ3v) is 6.87. The molecule has 0 saturated heterocycles. The van der Waals surface area contributed by atoms with Gasteiger partial charge in [0.25, 0.3) is 0 Å². The highest BCUT2D eigenvalue weighted by atomic mass is 19.4. The van der Waals surface area contributed by atoms with Crippen molar-refractivity contribution >= 4 is 12.6 Å². The number of carbonyl (C=O) groups is 2. The lowest BCUT2D eigenvalue weighted by molar-refractivity contribution is -0.140. The number of aldehydes is 2. The van der Waals surface area contributed by atoms with Crippen LogP contribution < -0.4 is 0 Å². The number of hydrogen-bond donors (Lipinski definition) is 0. The van der Waals surface area contributed by atoms with E-state index < -0.39 is 40.5 Å². The fourth-order valence-electron chi connectivity index (χ4n) is 5.25. The van der Waals surface area contributed by atoms with E-state index in [2.05, 4.69) is 0 Å². The van der Waals surface area contributed by atoms with Crippen molar-refractivity contribution in [2.24, 2.45) is 0 Å². The van der Waals surface area contributed by atoms with Crippen LogP contribution in [0.3, 0.4) is 0 Å². The standard InChI is InChI=1S/C29H14F8O2/c30-25-7-3-17(11-23(25)28(32,33)34)27(18-4-8-26(31)24(12-18)29(35,36)37)21-9-15(13-38)1-5-19(21)20-6-2-16(14-39)10-22(20)27/h1-14H. The molecule has 0 heterocycles. The maximum Gasteiger partial charge on any atom is 0.419 e. The number of fused-ring (bicyclic) bond motifs is 3. The predicted molar refractivity (Wildman–Crippen MR) is 124 cm³/mol. The van der Waals surface area contributed by atoms with Gasteiger partial charge in [-0.05, 0) is 69.8 Å². The second kappa shape index (κ2) is 8.86. The molecule has 4 aromatic carbocycles. The van der Waals surface area contributed by atoms with Gasteiger partial charge in [-0.1, -0.05) is 36.4 Å². The molecule has 2 nitrogen and oxygen atoms in total. The zero-order valence-corrected chi connectivity index (χ0v) is 19.4. The molecule has 1 aliphatic rings. The van der Waals surface area contributed by atoms with E-state index in [9.17, 15) is 44.7 Å². The van der Waals surface area contributed by atoms with E-state index in [4.69, 9.17) is 0 Å². The van der Waals surface area contributed by atoms with Crippen LogP contribution in [0, 0.1) is 11.6 Å². The molecule has 0 radical (unpaired) electrons. The summed E-state index contributed by atoms with van der Waals surface area (Å²) < 4.78 is 112. The van der Waals surface area contributed by atoms with Gasteiger partial charge in [-0.3, -0.25) is 9.59 Å². The third kappa shape index (κ3) is 4.02. The van der Waals surface area contributed by atoms with E-state index in [1.165, 1.54) is 36.4 Å². The van der Waals surface area contributed by atoms with Gasteiger partial charge < -0.3 is 0 Å². The maximum absolute atomic E-state index is 14.4. The highest BCUT2D eigenvalue weighted by Crippen LogP contribution is 2.57. The van der Waals surface area contributed by atoms with Crippen molar-refractivity contribution in [1.29, 1.82) is 0 Å². The molecule has 0 N–H and O–H groups in total. The number of alkyl halides is 6. The molecule has 0 amide bonds. The molecule has 0 aliphatic heterocycles. The van der Waals surface area contributed by atoms with Crippen LogP contribution in [0.15, 0.2) is 72.8 Å². The topological polar surface area (TPSA) is 34.1 Å². The van der Waals surface area contributed by atoms with Gasteiger partial charge in [0, 0.05) is 11.1 Å². The van der Waals surface area contributed by atoms with Crippen molar-refractivity contribution in [2.45, 2.75) is 17.8 Å². The summed E-state index contributed by atoms with van der Waals surface area (Å²) in [5.41, 5.74) is -4.97. The number of carbonyl (C=O) groups excluding carboxylic acids is 2. The predicted octanol–water partition coefficient (Wildman–Crippen LogP) is 7.99. The van der Waals surface area contributed by atoms with Gasteiger partial charge >= 0.3 is 12.4 Å². The third-order valence-electron chi connectivity index (χ3n) is 6.87. The van der Waals surface area contributed by atoms with Gasteiger partial charge in [0.1, 0.15) is 24.2 Å². The second-order valence-electron chi connectivity index (χ2n) is 8.98. The smallest absolute Gasteiger partial charge is 0.298 e. The van der Waals surface area contributed by atoms with Crippen LogP contribution in [0.25, 0.3) is 11.1 Å². The Balaban J connectivity index is 2.02. The zero-order valence-electron chi connectivity index (χ0n) is 19.4. The van der Waals surface area contributed by atoms with Crippen molar-refractivity contribution in [2.75, 3.05) is 0 Å². The van der Waals surface area contributed by atoms with Crippen molar-refractivity contribution < 1.29 is 44.7 Å². The molecule has 0 atom stereocenters. The first kappa shape index (κ1) is 26.3. The molecule has 0 bridgehead atoms. The SMILES string of the molecule is O=Cc1ccc2c(c1)C(c1ccc(F)c(C(F)(F)F)c1)(c1ccc(F)c(C(F)(F)F)c1)c1cc(C=O)ccc1-2. The van der Waals surface area contributed by atoms with Crippen LogP contribution in [0.5, 0.6) is 0 Å². The Hall–Kier alpha value is -4.34. The van der Waals surface area contributed by atoms with Crippen LogP contribution >= 0.6 is 0 Å². The van der Waals surface area contributed by atoms with Gasteiger partial charge in [0.15, 0.2) is 0 Å². The van der Waals surface area contributed by atoms with E-state index in [0.717, 1.165) is 12.1 Å². The molecular formula is C29H14F8O2. The Morgan fingerprint density at radius 3 is 1.26 bits per heavy atom. The molecule has 0 spiro atoms. The quantitative estimate of drug-likeness (QED) is 0.169. The lowest BCUT2D eigenvalue weighted by Crippen LogP contribution is -2.30. The van der Waals surface area contributed by atoms with Gasteiger partial charge in [-0.25, -0.2) is 8.78 Å². The summed E-state index contributed by atoms with van der Waals surface area (Å²) >= 11 is 0. The Bertz CT molecular complexity index is 1530. The lowest BCUT2D eigenvalue weighted by Gasteiger charge is -2.35. The first-order chi connectivity index (χ1) is 18.3. The minimum absolute atomic E-state index is 0.0536. The van der Waals surface area contributed by atoms with E-state index in [1.807, 2.05) is 0 Å². The first-order valence-electron chi connectivity index (χ1n) is 11.3. The first-order valence-corrected chi connectivity index (χ1v) is 11.3. The van der Waals surface area contributed by atoms with E-state index in [0.29, 0.717) is 48.0 Å². The summed E-state index contributed by atoms with van der Waals surface area (Å²) in [4.78, 5) is 23.4. The summed E-state index contributed by atoms with van der Waals surface area (Å²) in [5, 5.41) is 0. The molecule has 198 valence electrons. The lowest BCUT2D eigenvalue weighted by atomic mass is 9.66. The van der Waals surface area contributed by atoms with Crippen LogP contribution in [0.2, 0.25) is 0 Å². The summed E-state index contributed by atoms with van der Waals surface area (Å²) in [6.07, 6.45) is -9.44. The Morgan fingerprint density at radius 2 is 0.923 bits per heavy atom. The van der Waals surface area contributed by atoms with E-state index >= 15 is 0 Å². The molecule has 0 fully saturated rings. The molecule has 10 heteroatoms. The van der Waals surface area contributed by atoms with Crippen molar-refractivity contribution in [3.8, 4) is 11.1 Å².